The van der Waals surface area contributed by atoms with E-state index < -0.39 is 156 Å². The summed E-state index contributed by atoms with van der Waals surface area (Å²) in [6.45, 7) is -1.20. The number of nitrogen functional groups attached to an aromatic ring is 2. The number of phosphoric acid groups is 4. The van der Waals surface area contributed by atoms with Gasteiger partial charge in [0.25, 0.3) is 37.5 Å². The third-order valence-electron chi connectivity index (χ3n) is 13.8. The van der Waals surface area contributed by atoms with E-state index >= 15 is 0 Å². The summed E-state index contributed by atoms with van der Waals surface area (Å²) in [4.78, 5) is 97.4. The molecule has 0 bridgehead atoms. The highest BCUT2D eigenvalue weighted by Crippen LogP contribution is 2.57. The lowest BCUT2D eigenvalue weighted by atomic mass is 10.1. The zero-order valence-electron chi connectivity index (χ0n) is 45.3. The van der Waals surface area contributed by atoms with Gasteiger partial charge in [-0.05, 0) is 26.3 Å². The lowest BCUT2D eigenvalue weighted by Gasteiger charge is -2.32. The molecule has 0 aromatic carbocycles. The molecular weight excluding hydrogens is 1270 g/mol. The maximum atomic E-state index is 12.3. The Bertz CT molecular complexity index is 3640. The van der Waals surface area contributed by atoms with Gasteiger partial charge in [0.05, 0.1) is 44.6 Å². The predicted molar refractivity (Wildman–Crippen MR) is 275 cm³/mol. The second kappa shape index (κ2) is 26.8. The van der Waals surface area contributed by atoms with Gasteiger partial charge < -0.3 is 114 Å². The number of hydrogen-bond acceptors (Lipinski definition) is 37. The number of Topliss-reactive ketones (excluding diaryl/α,β-unsaturated/α-hetero) is 2. The molecule has 482 valence electrons. The van der Waals surface area contributed by atoms with Gasteiger partial charge in [0.1, 0.15) is 90.8 Å². The van der Waals surface area contributed by atoms with E-state index in [4.69, 9.17) is 30.4 Å². The quantitative estimate of drug-likeness (QED) is 0.0175. The number of allylic oxidation sites excluding steroid dienone is 2. The Kier molecular flexibility index (Phi) is 20.3. The number of ether oxygens (including phenoxy) is 4. The second-order valence-corrected chi connectivity index (χ2v) is 25.7. The van der Waals surface area contributed by atoms with Crippen molar-refractivity contribution >= 4 is 76.8 Å². The number of nitrogens with two attached hydrogens (primary N) is 2. The average Bonchev–Trinajstić information content (AvgIpc) is 1.99. The molecule has 10 heterocycles. The van der Waals surface area contributed by atoms with E-state index in [2.05, 4.69) is 56.6 Å². The van der Waals surface area contributed by atoms with Crippen LogP contribution in [0, 0.1) is 0 Å². The van der Waals surface area contributed by atoms with Crippen LogP contribution in [-0.4, -0.2) is 202 Å². The molecule has 5 aromatic rings. The van der Waals surface area contributed by atoms with Gasteiger partial charge in [-0.1, -0.05) is 6.08 Å². The number of hydrogen-bond donors (Lipinski definition) is 10. The number of rotatable bonds is 22. The predicted octanol–water partition coefficient (Wildman–Crippen LogP) is -6.02. The number of anilines is 2. The number of nitrogens with zero attached hydrogens (tertiary/aromatic N) is 10. The van der Waals surface area contributed by atoms with Crippen molar-refractivity contribution in [3.63, 3.8) is 0 Å². The van der Waals surface area contributed by atoms with Crippen LogP contribution >= 0.6 is 31.3 Å². The molecule has 88 heavy (non-hydrogen) atoms. The molecule has 4 fully saturated rings. The first kappa shape index (κ1) is 66.9. The summed E-state index contributed by atoms with van der Waals surface area (Å²) < 4.78 is 101. The SMILES string of the molecule is CC(=O)C1=CN([C@@H]2O[C@H](COP(=O)([O-])OP(=O)([O-])OC[C@H]3O[C@@H](n4cnc5c(N)ncnc54)[C@@H](O)C3O)C(O)[C@@H]2O)C=CC1.CC(=O)c1ccc[n+]([C@@H]2O[C@H](COP(=O)([O-])OP(=O)([O-])OC[C@H]3O[C@@H](n4cnc5c(N)ncnc54)[C@@H](O)C3O)C(O)[C@@H]2O)c1. The van der Waals surface area contributed by atoms with E-state index in [0.717, 1.165) is 12.7 Å². The maximum absolute atomic E-state index is 12.3. The molecular formula is C44H55N12O28P4-3. The number of aliphatic hydroxyl groups excluding tert-OH is 8. The molecule has 5 aromatic heterocycles. The molecule has 5 aliphatic rings. The average molecular weight is 1320 g/mol. The molecule has 4 saturated heterocycles. The Hall–Kier alpha value is -5.49. The van der Waals surface area contributed by atoms with Crippen LogP contribution in [0.25, 0.3) is 22.3 Å². The van der Waals surface area contributed by atoms with Crippen molar-refractivity contribution in [2.75, 3.05) is 37.9 Å². The first-order valence-electron chi connectivity index (χ1n) is 25.7. The molecule has 12 N–H and O–H groups in total. The fraction of sp³-hybridized carbons (Fsp3) is 0.523. The minimum atomic E-state index is -5.67. The number of aliphatic hydroxyl groups is 8. The standard InChI is InChI=1S/C22H30N6O14P2.C22H28N6O14P2/c2*1-10(29)11-3-2-4-27(5-11)21-17(32)15(30)12(40-21)6-38-43(34,35)42-44(36,37)39-7-13-16(31)18(33)22(41-13)28-9-26-14-19(23)24-8-25-20(14)28/h2,4-5,8-9,12-13,15-18,21-22,30-33H,3,6-7H2,1H3,(H,34,35)(H,36,37)(H2,23,24,25);2-5,8-9,12-13,15-18,21-22,30-33H,6-7H2,1H3,(H3-,23,24,25,34,35,36,37)/p-3/t2*12-,13-,15?,16?,17+,18+,21-,22-/m11/s1. The van der Waals surface area contributed by atoms with Crippen molar-refractivity contribution in [1.29, 1.82) is 0 Å². The number of carbonyl (C=O) groups is 2. The molecule has 5 aliphatic heterocycles. The monoisotopic (exact) mass is 1320 g/mol. The van der Waals surface area contributed by atoms with E-state index in [9.17, 15) is 88.3 Å². The van der Waals surface area contributed by atoms with Crippen molar-refractivity contribution in [3.8, 4) is 0 Å². The molecule has 0 spiro atoms. The van der Waals surface area contributed by atoms with Crippen molar-refractivity contribution in [1.82, 2.24) is 43.9 Å². The summed E-state index contributed by atoms with van der Waals surface area (Å²) in [5.41, 5.74) is 12.8. The van der Waals surface area contributed by atoms with E-state index in [-0.39, 0.29) is 51.1 Å². The van der Waals surface area contributed by atoms with Crippen molar-refractivity contribution in [2.24, 2.45) is 0 Å². The highest BCUT2D eigenvalue weighted by atomic mass is 31.3. The molecule has 20 atom stereocenters. The first-order chi connectivity index (χ1) is 41.3. The fourth-order valence-corrected chi connectivity index (χ4v) is 13.4. The van der Waals surface area contributed by atoms with Crippen LogP contribution in [0.5, 0.6) is 0 Å². The van der Waals surface area contributed by atoms with Crippen LogP contribution in [0.2, 0.25) is 0 Å². The zero-order chi connectivity index (χ0) is 63.9. The highest BCUT2D eigenvalue weighted by Gasteiger charge is 2.51. The molecule has 8 unspecified atom stereocenters. The smallest absolute Gasteiger partial charge is 0.292 e. The molecule has 0 aliphatic carbocycles. The van der Waals surface area contributed by atoms with Crippen LogP contribution in [0.3, 0.4) is 0 Å². The Morgan fingerprint density at radius 2 is 1.00 bits per heavy atom. The summed E-state index contributed by atoms with van der Waals surface area (Å²) >= 11 is 0. The number of fused-ring (bicyclic) bond motifs is 2. The number of carbonyl (C=O) groups excluding carboxylic acids is 2. The molecule has 10 rings (SSSR count). The van der Waals surface area contributed by atoms with Crippen LogP contribution in [0.1, 0.15) is 49.3 Å². The van der Waals surface area contributed by atoms with Gasteiger partial charge in [-0.3, -0.25) is 37.0 Å². The van der Waals surface area contributed by atoms with Gasteiger partial charge in [0.15, 0.2) is 71.7 Å². The second-order valence-electron chi connectivity index (χ2n) is 19.8. The number of pyridine rings is 1. The Morgan fingerprint density at radius 3 is 1.43 bits per heavy atom. The van der Waals surface area contributed by atoms with Gasteiger partial charge in [0, 0.05) is 24.0 Å². The molecule has 44 heteroatoms. The van der Waals surface area contributed by atoms with E-state index in [1.807, 2.05) is 0 Å². The van der Waals surface area contributed by atoms with Gasteiger partial charge in [-0.15, -0.1) is 0 Å². The number of imidazole rings is 2. The largest absolute Gasteiger partial charge is 0.756 e. The number of phosphoric ester groups is 4. The highest BCUT2D eigenvalue weighted by molar-refractivity contribution is 7.60. The van der Waals surface area contributed by atoms with Crippen LogP contribution < -0.4 is 35.6 Å². The zero-order valence-corrected chi connectivity index (χ0v) is 48.9. The third kappa shape index (κ3) is 15.0. The maximum Gasteiger partial charge on any atom is 0.292 e. The Balaban J connectivity index is 0.000000209. The Morgan fingerprint density at radius 1 is 0.591 bits per heavy atom. The number of aromatic nitrogens is 9. The summed E-state index contributed by atoms with van der Waals surface area (Å²) in [5.74, 6) is -0.421. The van der Waals surface area contributed by atoms with E-state index in [1.54, 1.807) is 6.08 Å². The summed E-state index contributed by atoms with van der Waals surface area (Å²) in [6, 6.07) is 3.01. The number of ketones is 2. The van der Waals surface area contributed by atoms with Crippen LogP contribution in [0.15, 0.2) is 73.9 Å². The van der Waals surface area contributed by atoms with Crippen molar-refractivity contribution < 1.29 is 139 Å². The molecule has 0 saturated carbocycles. The summed E-state index contributed by atoms with van der Waals surface area (Å²) in [6.07, 6.45) is -11.6. The summed E-state index contributed by atoms with van der Waals surface area (Å²) in [5, 5.41) is 83.2. The minimum absolute atomic E-state index is 0.0405. The first-order valence-corrected chi connectivity index (χ1v) is 31.5. The van der Waals surface area contributed by atoms with Crippen LogP contribution in [-0.2, 0) is 68.7 Å². The molecule has 0 amide bonds. The van der Waals surface area contributed by atoms with Gasteiger partial charge in [-0.25, -0.2) is 38.5 Å². The van der Waals surface area contributed by atoms with Crippen molar-refractivity contribution in [2.45, 2.75) is 118 Å². The van der Waals surface area contributed by atoms with E-state index in [0.29, 0.717) is 12.0 Å². The van der Waals surface area contributed by atoms with Gasteiger partial charge in [0.2, 0.25) is 0 Å². The summed E-state index contributed by atoms with van der Waals surface area (Å²) in [7, 11) is -22.7. The topological polar surface area (TPSA) is 595 Å². The van der Waals surface area contributed by atoms with E-state index in [1.165, 1.54) is 82.0 Å². The third-order valence-corrected chi connectivity index (χ3v) is 18.9. The molecule has 0 radical (unpaired) electrons. The fourth-order valence-electron chi connectivity index (χ4n) is 9.36. The lowest BCUT2D eigenvalue weighted by Crippen LogP contribution is -2.46. The Labute approximate surface area is 493 Å². The lowest BCUT2D eigenvalue weighted by molar-refractivity contribution is -0.765. The van der Waals surface area contributed by atoms with Crippen molar-refractivity contribution in [3.05, 3.63) is 79.4 Å². The molecule has 40 nitrogen and oxygen atoms in total. The van der Waals surface area contributed by atoms with Gasteiger partial charge >= 0.3 is 0 Å². The minimum Gasteiger partial charge on any atom is -0.756 e. The van der Waals surface area contributed by atoms with Crippen LogP contribution in [0.4, 0.5) is 11.6 Å². The normalized spacial score (nSPS) is 32.5. The van der Waals surface area contributed by atoms with Gasteiger partial charge in [-0.2, -0.15) is 4.57 Å².